The van der Waals surface area contributed by atoms with Gasteiger partial charge >= 0.3 is 18.6 Å². The Balaban J connectivity index is 2.05. The summed E-state index contributed by atoms with van der Waals surface area (Å²) in [5.41, 5.74) is 0.193. The lowest BCUT2D eigenvalue weighted by molar-refractivity contribution is -0.143. The summed E-state index contributed by atoms with van der Waals surface area (Å²) in [6.07, 6.45) is 1.09. The van der Waals surface area contributed by atoms with E-state index in [0.29, 0.717) is 19.4 Å². The van der Waals surface area contributed by atoms with Gasteiger partial charge < -0.3 is 20.1 Å². The van der Waals surface area contributed by atoms with Crippen LogP contribution in [0.25, 0.3) is 0 Å². The van der Waals surface area contributed by atoms with E-state index in [4.69, 9.17) is 28.3 Å². The molecule has 1 unspecified atom stereocenters. The van der Waals surface area contributed by atoms with E-state index in [1.807, 2.05) is 0 Å². The predicted molar refractivity (Wildman–Crippen MR) is 87.3 cm³/mol. The van der Waals surface area contributed by atoms with Gasteiger partial charge in [-0.1, -0.05) is 23.2 Å². The average Bonchev–Trinajstić information content (AvgIpc) is 2.55. The molecule has 1 saturated heterocycles. The summed E-state index contributed by atoms with van der Waals surface area (Å²) in [5.74, 6) is -1.83. The molecule has 2 rings (SSSR count). The van der Waals surface area contributed by atoms with Crippen LogP contribution in [0.4, 0.5) is 13.6 Å². The number of urea groups is 1. The number of carbonyl (C=O) groups excluding carboxylic acids is 1. The quantitative estimate of drug-likeness (QED) is 0.796. The maximum Gasteiger partial charge on any atom is 0.387 e. The summed E-state index contributed by atoms with van der Waals surface area (Å²) >= 11 is 11.7. The first-order valence-corrected chi connectivity index (χ1v) is 8.22. The van der Waals surface area contributed by atoms with Gasteiger partial charge in [0.1, 0.15) is 5.75 Å². The van der Waals surface area contributed by atoms with Crippen molar-refractivity contribution in [1.82, 2.24) is 10.2 Å². The molecule has 138 valence electrons. The van der Waals surface area contributed by atoms with Crippen molar-refractivity contribution < 1.29 is 28.2 Å². The maximum atomic E-state index is 12.5. The largest absolute Gasteiger partial charge is 0.481 e. The smallest absolute Gasteiger partial charge is 0.387 e. The van der Waals surface area contributed by atoms with E-state index in [-0.39, 0.29) is 34.4 Å². The van der Waals surface area contributed by atoms with Gasteiger partial charge in [0.2, 0.25) is 0 Å². The second-order valence-corrected chi connectivity index (χ2v) is 6.38. The minimum absolute atomic E-state index is 0.0951. The number of hydrogen-bond acceptors (Lipinski definition) is 3. The highest BCUT2D eigenvalue weighted by molar-refractivity contribution is 6.35. The van der Waals surface area contributed by atoms with Crippen molar-refractivity contribution in [3.63, 3.8) is 0 Å². The number of likely N-dealkylation sites (tertiary alicyclic amines) is 1. The molecule has 25 heavy (non-hydrogen) atoms. The molecule has 1 fully saturated rings. The lowest BCUT2D eigenvalue weighted by Gasteiger charge is -2.30. The fourth-order valence-electron chi connectivity index (χ4n) is 2.61. The molecule has 0 saturated carbocycles. The zero-order valence-electron chi connectivity index (χ0n) is 13.0. The average molecular weight is 397 g/mol. The minimum atomic E-state index is -3.08. The predicted octanol–water partition coefficient (Wildman–Crippen LogP) is 3.60. The zero-order valence-corrected chi connectivity index (χ0v) is 14.5. The van der Waals surface area contributed by atoms with E-state index < -0.39 is 24.5 Å². The summed E-state index contributed by atoms with van der Waals surface area (Å²) in [6.45, 7) is -2.70. The Morgan fingerprint density at radius 3 is 2.76 bits per heavy atom. The molecule has 0 bridgehead atoms. The number of halogens is 4. The van der Waals surface area contributed by atoms with Crippen LogP contribution in [-0.4, -0.2) is 41.7 Å². The van der Waals surface area contributed by atoms with Crippen molar-refractivity contribution in [3.05, 3.63) is 27.7 Å². The third kappa shape index (κ3) is 5.34. The van der Waals surface area contributed by atoms with Crippen LogP contribution in [0.2, 0.25) is 10.0 Å². The fourth-order valence-corrected chi connectivity index (χ4v) is 3.19. The molecule has 0 aromatic heterocycles. The number of ether oxygens (including phenoxy) is 1. The van der Waals surface area contributed by atoms with Gasteiger partial charge in [0.25, 0.3) is 0 Å². The summed E-state index contributed by atoms with van der Waals surface area (Å²) in [7, 11) is 0. The number of amides is 2. The Hall–Kier alpha value is -1.80. The van der Waals surface area contributed by atoms with Crippen molar-refractivity contribution >= 4 is 35.2 Å². The molecule has 1 atom stereocenters. The van der Waals surface area contributed by atoms with Crippen LogP contribution in [0.1, 0.15) is 18.4 Å². The number of carbonyl (C=O) groups is 2. The Labute approximate surface area is 152 Å². The standard InChI is InChI=1S/C15H16Cl2F2N2O4/c16-10-4-9(12(11(17)5-10)25-14(18)19)6-20-15(24)21-3-1-2-8(7-21)13(22)23/h4-5,8,14H,1-3,6-7H2,(H,20,24)(H,22,23). The molecule has 2 N–H and O–H groups in total. The first-order chi connectivity index (χ1) is 11.8. The number of nitrogens with zero attached hydrogens (tertiary/aromatic N) is 1. The fraction of sp³-hybridized carbons (Fsp3) is 0.467. The number of hydrogen-bond donors (Lipinski definition) is 2. The van der Waals surface area contributed by atoms with Crippen molar-refractivity contribution in [1.29, 1.82) is 0 Å². The third-order valence-electron chi connectivity index (χ3n) is 3.78. The molecule has 0 aliphatic carbocycles. The van der Waals surface area contributed by atoms with Gasteiger partial charge in [0, 0.05) is 30.2 Å². The van der Waals surface area contributed by atoms with Gasteiger partial charge in [-0.3, -0.25) is 4.79 Å². The second kappa shape index (κ2) is 8.53. The SMILES string of the molecule is O=C(O)C1CCCN(C(=O)NCc2cc(Cl)cc(Cl)c2OC(F)F)C1. The highest BCUT2D eigenvalue weighted by atomic mass is 35.5. The van der Waals surface area contributed by atoms with Crippen molar-refractivity contribution in [3.8, 4) is 5.75 Å². The summed E-state index contributed by atoms with van der Waals surface area (Å²) in [4.78, 5) is 24.6. The molecule has 0 spiro atoms. The molecule has 1 aliphatic rings. The normalized spacial score (nSPS) is 17.5. The zero-order chi connectivity index (χ0) is 18.6. The number of carboxylic acids is 1. The van der Waals surface area contributed by atoms with Gasteiger partial charge in [-0.15, -0.1) is 0 Å². The number of carboxylic acid groups (broad SMARTS) is 1. The van der Waals surface area contributed by atoms with Crippen LogP contribution in [-0.2, 0) is 11.3 Å². The monoisotopic (exact) mass is 396 g/mol. The van der Waals surface area contributed by atoms with Crippen molar-refractivity contribution in [2.75, 3.05) is 13.1 Å². The van der Waals surface area contributed by atoms with Crippen LogP contribution < -0.4 is 10.1 Å². The van der Waals surface area contributed by atoms with E-state index in [0.717, 1.165) is 0 Å². The molecule has 1 heterocycles. The number of aliphatic carboxylic acids is 1. The van der Waals surface area contributed by atoms with E-state index in [1.165, 1.54) is 17.0 Å². The van der Waals surface area contributed by atoms with E-state index in [1.54, 1.807) is 0 Å². The Morgan fingerprint density at radius 2 is 2.12 bits per heavy atom. The second-order valence-electron chi connectivity index (χ2n) is 5.54. The Bertz CT molecular complexity index is 661. The topological polar surface area (TPSA) is 78.9 Å². The molecular formula is C15H16Cl2F2N2O4. The highest BCUT2D eigenvalue weighted by Gasteiger charge is 2.28. The number of rotatable bonds is 5. The van der Waals surface area contributed by atoms with Crippen LogP contribution >= 0.6 is 23.2 Å². The van der Waals surface area contributed by atoms with E-state index in [9.17, 15) is 18.4 Å². The summed E-state index contributed by atoms with van der Waals surface area (Å²) < 4.78 is 29.4. The maximum absolute atomic E-state index is 12.5. The Kier molecular flexibility index (Phi) is 6.66. The summed E-state index contributed by atoms with van der Waals surface area (Å²) in [5, 5.41) is 11.7. The van der Waals surface area contributed by atoms with E-state index in [2.05, 4.69) is 10.1 Å². The number of benzene rings is 1. The molecular weight excluding hydrogens is 381 g/mol. The van der Waals surface area contributed by atoms with Crippen LogP contribution in [0, 0.1) is 5.92 Å². The van der Waals surface area contributed by atoms with Crippen molar-refractivity contribution in [2.45, 2.75) is 26.0 Å². The molecule has 1 aromatic rings. The van der Waals surface area contributed by atoms with Crippen molar-refractivity contribution in [2.24, 2.45) is 5.92 Å². The van der Waals surface area contributed by atoms with Gasteiger partial charge in [-0.25, -0.2) is 4.79 Å². The van der Waals surface area contributed by atoms with Crippen LogP contribution in [0.3, 0.4) is 0 Å². The van der Waals surface area contributed by atoms with Gasteiger partial charge in [0.05, 0.1) is 10.9 Å². The molecule has 1 aliphatic heterocycles. The molecule has 2 amide bonds. The third-order valence-corrected chi connectivity index (χ3v) is 4.28. The minimum Gasteiger partial charge on any atom is -0.481 e. The number of nitrogens with one attached hydrogen (secondary N) is 1. The van der Waals surface area contributed by atoms with Gasteiger partial charge in [-0.2, -0.15) is 8.78 Å². The first kappa shape index (κ1) is 19.5. The number of piperidine rings is 1. The van der Waals surface area contributed by atoms with Crippen LogP contribution in [0.5, 0.6) is 5.75 Å². The molecule has 6 nitrogen and oxygen atoms in total. The highest BCUT2D eigenvalue weighted by Crippen LogP contribution is 2.33. The van der Waals surface area contributed by atoms with E-state index >= 15 is 0 Å². The Morgan fingerprint density at radius 1 is 1.40 bits per heavy atom. The van der Waals surface area contributed by atoms with Gasteiger partial charge in [0.15, 0.2) is 0 Å². The lowest BCUT2D eigenvalue weighted by Crippen LogP contribution is -2.46. The lowest BCUT2D eigenvalue weighted by atomic mass is 9.99. The molecule has 0 radical (unpaired) electrons. The molecule has 1 aromatic carbocycles. The van der Waals surface area contributed by atoms with Crippen LogP contribution in [0.15, 0.2) is 12.1 Å². The van der Waals surface area contributed by atoms with Gasteiger partial charge in [-0.05, 0) is 25.0 Å². The first-order valence-electron chi connectivity index (χ1n) is 7.46. The number of alkyl halides is 2. The molecule has 10 heteroatoms. The summed E-state index contributed by atoms with van der Waals surface area (Å²) in [6, 6.07) is 2.13.